The molecule has 1 saturated carbocycles. The largest absolute Gasteiger partial charge is 0.467 e. The molecule has 0 N–H and O–H groups in total. The maximum atomic E-state index is 10.9. The molecule has 1 unspecified atom stereocenters. The molecule has 1 saturated heterocycles. The predicted molar refractivity (Wildman–Crippen MR) is 59.5 cm³/mol. The van der Waals surface area contributed by atoms with Gasteiger partial charge >= 0.3 is 5.97 Å². The third kappa shape index (κ3) is 3.40. The number of carbonyl (C=O) groups excluding carboxylic acids is 1. The molecule has 2 aliphatic rings. The molecule has 98 valence electrons. The second kappa shape index (κ2) is 5.80. The van der Waals surface area contributed by atoms with Crippen molar-refractivity contribution in [2.24, 2.45) is 0 Å². The number of esters is 1. The van der Waals surface area contributed by atoms with Crippen LogP contribution >= 0.6 is 0 Å². The Morgan fingerprint density at radius 1 is 1.35 bits per heavy atom. The zero-order valence-corrected chi connectivity index (χ0v) is 10.3. The molecule has 1 aliphatic carbocycles. The molecule has 0 radical (unpaired) electrons. The van der Waals surface area contributed by atoms with Crippen LogP contribution < -0.4 is 0 Å². The molecule has 0 aromatic heterocycles. The molecule has 2 fully saturated rings. The molecule has 1 spiro atoms. The molecule has 5 nitrogen and oxygen atoms in total. The Balaban J connectivity index is 1.68. The van der Waals surface area contributed by atoms with Gasteiger partial charge in [-0.3, -0.25) is 0 Å². The van der Waals surface area contributed by atoms with Gasteiger partial charge in [0.2, 0.25) is 0 Å². The summed E-state index contributed by atoms with van der Waals surface area (Å²) in [5.74, 6) is -0.728. The number of ether oxygens (including phenoxy) is 4. The maximum Gasteiger partial charge on any atom is 0.331 e. The van der Waals surface area contributed by atoms with Crippen molar-refractivity contribution < 1.29 is 23.7 Å². The van der Waals surface area contributed by atoms with Gasteiger partial charge in [-0.25, -0.2) is 4.79 Å². The van der Waals surface area contributed by atoms with Crippen LogP contribution in [-0.2, 0) is 23.7 Å². The van der Waals surface area contributed by atoms with Crippen LogP contribution in [0.5, 0.6) is 0 Å². The van der Waals surface area contributed by atoms with E-state index in [1.165, 1.54) is 13.5 Å². The van der Waals surface area contributed by atoms with Crippen LogP contribution in [0.4, 0.5) is 0 Å². The molecule has 0 amide bonds. The zero-order valence-electron chi connectivity index (χ0n) is 10.3. The van der Waals surface area contributed by atoms with E-state index in [1.807, 2.05) is 0 Å². The van der Waals surface area contributed by atoms with Crippen molar-refractivity contribution in [3.8, 4) is 0 Å². The Morgan fingerprint density at radius 3 is 2.82 bits per heavy atom. The first-order chi connectivity index (χ1) is 8.24. The monoisotopic (exact) mass is 244 g/mol. The lowest BCUT2D eigenvalue weighted by Crippen LogP contribution is -2.34. The summed E-state index contributed by atoms with van der Waals surface area (Å²) in [5, 5.41) is 0. The first-order valence-electron chi connectivity index (χ1n) is 6.20. The highest BCUT2D eigenvalue weighted by molar-refractivity contribution is 5.70. The normalized spacial score (nSPS) is 27.2. The summed E-state index contributed by atoms with van der Waals surface area (Å²) in [4.78, 5) is 10.9. The molecule has 1 aliphatic heterocycles. The smallest absolute Gasteiger partial charge is 0.331 e. The SMILES string of the molecule is COC(=O)COCC1COC2(CCCCC2)O1. The Kier molecular flexibility index (Phi) is 4.36. The van der Waals surface area contributed by atoms with Crippen molar-refractivity contribution in [1.29, 1.82) is 0 Å². The summed E-state index contributed by atoms with van der Waals surface area (Å²) >= 11 is 0. The van der Waals surface area contributed by atoms with E-state index in [0.29, 0.717) is 13.2 Å². The molecular formula is C12H20O5. The number of hydrogen-bond donors (Lipinski definition) is 0. The van der Waals surface area contributed by atoms with Gasteiger partial charge in [-0.2, -0.15) is 0 Å². The number of methoxy groups -OCH3 is 1. The quantitative estimate of drug-likeness (QED) is 0.697. The van der Waals surface area contributed by atoms with Gasteiger partial charge in [0.25, 0.3) is 0 Å². The molecule has 5 heteroatoms. The summed E-state index contributed by atoms with van der Waals surface area (Å²) in [5.41, 5.74) is 0. The second-order valence-electron chi connectivity index (χ2n) is 4.61. The van der Waals surface area contributed by atoms with Gasteiger partial charge in [0.1, 0.15) is 12.7 Å². The lowest BCUT2D eigenvalue weighted by molar-refractivity contribution is -0.191. The van der Waals surface area contributed by atoms with E-state index in [9.17, 15) is 4.79 Å². The fourth-order valence-corrected chi connectivity index (χ4v) is 2.38. The molecule has 2 rings (SSSR count). The highest BCUT2D eigenvalue weighted by Gasteiger charge is 2.42. The topological polar surface area (TPSA) is 54.0 Å². The van der Waals surface area contributed by atoms with Crippen LogP contribution in [0.1, 0.15) is 32.1 Å². The van der Waals surface area contributed by atoms with Crippen molar-refractivity contribution in [3.63, 3.8) is 0 Å². The number of carbonyl (C=O) groups is 1. The van der Waals surface area contributed by atoms with Crippen molar-refractivity contribution in [1.82, 2.24) is 0 Å². The van der Waals surface area contributed by atoms with Crippen LogP contribution in [0, 0.1) is 0 Å². The molecule has 0 bridgehead atoms. The molecular weight excluding hydrogens is 224 g/mol. The van der Waals surface area contributed by atoms with Crippen LogP contribution in [0.3, 0.4) is 0 Å². The maximum absolute atomic E-state index is 10.9. The summed E-state index contributed by atoms with van der Waals surface area (Å²) in [7, 11) is 1.35. The first-order valence-corrected chi connectivity index (χ1v) is 6.20. The van der Waals surface area contributed by atoms with E-state index < -0.39 is 0 Å². The van der Waals surface area contributed by atoms with Crippen molar-refractivity contribution in [3.05, 3.63) is 0 Å². The van der Waals surface area contributed by atoms with E-state index in [0.717, 1.165) is 25.7 Å². The molecule has 1 heterocycles. The highest BCUT2D eigenvalue weighted by Crippen LogP contribution is 2.37. The Labute approximate surface area is 101 Å². The average Bonchev–Trinajstić information content (AvgIpc) is 2.73. The zero-order chi connectivity index (χ0) is 12.1. The predicted octanol–water partition coefficient (Wildman–Crippen LogP) is 1.25. The van der Waals surface area contributed by atoms with Crippen LogP contribution in [0.2, 0.25) is 0 Å². The van der Waals surface area contributed by atoms with Gasteiger partial charge < -0.3 is 18.9 Å². The minimum absolute atomic E-state index is 0.0244. The summed E-state index contributed by atoms with van der Waals surface area (Å²) < 4.78 is 21.4. The van der Waals surface area contributed by atoms with Gasteiger partial charge in [-0.15, -0.1) is 0 Å². The second-order valence-corrected chi connectivity index (χ2v) is 4.61. The number of hydrogen-bond acceptors (Lipinski definition) is 5. The van der Waals surface area contributed by atoms with E-state index in [1.54, 1.807) is 0 Å². The van der Waals surface area contributed by atoms with Crippen LogP contribution in [0.25, 0.3) is 0 Å². The fourth-order valence-electron chi connectivity index (χ4n) is 2.38. The van der Waals surface area contributed by atoms with E-state index >= 15 is 0 Å². The summed E-state index contributed by atoms with van der Waals surface area (Å²) in [6.07, 6.45) is 5.47. The lowest BCUT2D eigenvalue weighted by Gasteiger charge is -2.31. The van der Waals surface area contributed by atoms with Crippen LogP contribution in [-0.4, -0.2) is 44.8 Å². The highest BCUT2D eigenvalue weighted by atomic mass is 16.8. The minimum atomic E-state index is -0.365. The van der Waals surface area contributed by atoms with Gasteiger partial charge in [0.15, 0.2) is 5.79 Å². The Hall–Kier alpha value is -0.650. The van der Waals surface area contributed by atoms with Gasteiger partial charge in [0.05, 0.1) is 20.3 Å². The third-order valence-electron chi connectivity index (χ3n) is 3.28. The lowest BCUT2D eigenvalue weighted by atomic mass is 9.94. The van der Waals surface area contributed by atoms with Gasteiger partial charge in [-0.05, 0) is 12.8 Å². The Morgan fingerprint density at radius 2 is 2.12 bits per heavy atom. The van der Waals surface area contributed by atoms with Crippen LogP contribution in [0.15, 0.2) is 0 Å². The Bertz CT molecular complexity index is 260. The van der Waals surface area contributed by atoms with Crippen molar-refractivity contribution in [2.45, 2.75) is 44.0 Å². The van der Waals surface area contributed by atoms with E-state index in [-0.39, 0.29) is 24.5 Å². The first kappa shape index (κ1) is 12.8. The number of rotatable bonds is 4. The summed E-state index contributed by atoms with van der Waals surface area (Å²) in [6, 6.07) is 0. The molecule has 0 aromatic carbocycles. The minimum Gasteiger partial charge on any atom is -0.467 e. The standard InChI is InChI=1S/C12H20O5/c1-14-11(13)9-15-7-10-8-16-12(17-10)5-3-2-4-6-12/h10H,2-9H2,1H3. The van der Waals surface area contributed by atoms with Gasteiger partial charge in [0, 0.05) is 12.8 Å². The molecule has 1 atom stereocenters. The molecule has 17 heavy (non-hydrogen) atoms. The van der Waals surface area contributed by atoms with Crippen molar-refractivity contribution >= 4 is 5.97 Å². The fraction of sp³-hybridized carbons (Fsp3) is 0.917. The van der Waals surface area contributed by atoms with Gasteiger partial charge in [-0.1, -0.05) is 6.42 Å². The molecule has 0 aromatic rings. The van der Waals surface area contributed by atoms with Crippen molar-refractivity contribution in [2.75, 3.05) is 26.9 Å². The van der Waals surface area contributed by atoms with E-state index in [2.05, 4.69) is 4.74 Å². The summed E-state index contributed by atoms with van der Waals surface area (Å²) in [6.45, 7) is 0.918. The average molecular weight is 244 g/mol. The third-order valence-corrected chi connectivity index (χ3v) is 3.28. The van der Waals surface area contributed by atoms with E-state index in [4.69, 9.17) is 14.2 Å².